The van der Waals surface area contributed by atoms with Crippen LogP contribution in [0.1, 0.15) is 17.3 Å². The Morgan fingerprint density at radius 1 is 1.53 bits per heavy atom. The predicted octanol–water partition coefficient (Wildman–Crippen LogP) is 1.93. The Morgan fingerprint density at radius 2 is 2.18 bits per heavy atom. The summed E-state index contributed by atoms with van der Waals surface area (Å²) in [6.07, 6.45) is 0. The molecule has 0 aliphatic rings. The Hall–Kier alpha value is -2.02. The van der Waals surface area contributed by atoms with Gasteiger partial charge in [0, 0.05) is 13.6 Å². The highest BCUT2D eigenvalue weighted by Gasteiger charge is 2.17. The number of nitrogens with zero attached hydrogens (tertiary/aromatic N) is 2. The van der Waals surface area contributed by atoms with Crippen molar-refractivity contribution in [1.82, 2.24) is 4.90 Å². The number of hydrogen-bond acceptors (Lipinski definition) is 3. The summed E-state index contributed by atoms with van der Waals surface area (Å²) in [5.74, 6) is 0.233. The van der Waals surface area contributed by atoms with Gasteiger partial charge in [-0.1, -0.05) is 12.1 Å². The van der Waals surface area contributed by atoms with Crippen molar-refractivity contribution in [1.29, 1.82) is 5.26 Å². The van der Waals surface area contributed by atoms with Gasteiger partial charge >= 0.3 is 0 Å². The molecule has 0 aliphatic heterocycles. The molecule has 17 heavy (non-hydrogen) atoms. The number of amides is 1. The minimum atomic E-state index is -0.182. The standard InChI is InChI=1S/C13H16N2O2/c1-10(8-14)9-15(2)13(16)11-6-4-5-7-12(11)17-3/h4-7,10H,9H2,1-3H3. The van der Waals surface area contributed by atoms with Crippen molar-refractivity contribution in [3.05, 3.63) is 29.8 Å². The summed E-state index contributed by atoms with van der Waals surface area (Å²) in [5, 5.41) is 8.72. The fourth-order valence-corrected chi connectivity index (χ4v) is 1.56. The Bertz CT molecular complexity index is 437. The van der Waals surface area contributed by atoms with E-state index in [4.69, 9.17) is 10.00 Å². The molecule has 4 heteroatoms. The number of ether oxygens (including phenoxy) is 1. The normalized spacial score (nSPS) is 11.4. The molecular weight excluding hydrogens is 216 g/mol. The topological polar surface area (TPSA) is 53.3 Å². The zero-order valence-electron chi connectivity index (χ0n) is 10.3. The zero-order chi connectivity index (χ0) is 12.8. The molecule has 0 saturated carbocycles. The van der Waals surface area contributed by atoms with Gasteiger partial charge in [-0.2, -0.15) is 5.26 Å². The van der Waals surface area contributed by atoms with Gasteiger partial charge in [0.05, 0.1) is 24.7 Å². The molecular formula is C13H16N2O2. The fraction of sp³-hybridized carbons (Fsp3) is 0.385. The van der Waals surface area contributed by atoms with Crippen LogP contribution >= 0.6 is 0 Å². The highest BCUT2D eigenvalue weighted by molar-refractivity contribution is 5.96. The third-order valence-corrected chi connectivity index (χ3v) is 2.45. The summed E-state index contributed by atoms with van der Waals surface area (Å²) in [7, 11) is 3.21. The average Bonchev–Trinajstić information content (AvgIpc) is 2.37. The first-order valence-corrected chi connectivity index (χ1v) is 5.38. The van der Waals surface area contributed by atoms with Crippen molar-refractivity contribution in [2.45, 2.75) is 6.92 Å². The summed E-state index contributed by atoms with van der Waals surface area (Å²) >= 11 is 0. The number of hydrogen-bond donors (Lipinski definition) is 0. The smallest absolute Gasteiger partial charge is 0.257 e. The summed E-state index contributed by atoms with van der Waals surface area (Å²) < 4.78 is 5.14. The van der Waals surface area contributed by atoms with Crippen molar-refractivity contribution in [3.8, 4) is 11.8 Å². The number of nitriles is 1. The Labute approximate surface area is 101 Å². The molecule has 0 fully saturated rings. The summed E-state index contributed by atoms with van der Waals surface area (Å²) in [4.78, 5) is 13.6. The van der Waals surface area contributed by atoms with Crippen molar-refractivity contribution in [2.24, 2.45) is 5.92 Å². The van der Waals surface area contributed by atoms with Crippen LogP contribution in [0.4, 0.5) is 0 Å². The van der Waals surface area contributed by atoms with Gasteiger partial charge < -0.3 is 9.64 Å². The highest BCUT2D eigenvalue weighted by atomic mass is 16.5. The predicted molar refractivity (Wildman–Crippen MR) is 64.7 cm³/mol. The van der Waals surface area contributed by atoms with E-state index in [1.54, 1.807) is 32.2 Å². The molecule has 0 aromatic heterocycles. The Morgan fingerprint density at radius 3 is 2.76 bits per heavy atom. The third kappa shape index (κ3) is 3.22. The molecule has 90 valence electrons. The van der Waals surface area contributed by atoms with Crippen LogP contribution in [0.5, 0.6) is 5.75 Å². The molecule has 0 radical (unpaired) electrons. The molecule has 0 heterocycles. The van der Waals surface area contributed by atoms with Gasteiger partial charge in [0.15, 0.2) is 0 Å². The number of benzene rings is 1. The van der Waals surface area contributed by atoms with E-state index < -0.39 is 0 Å². The molecule has 4 nitrogen and oxygen atoms in total. The van der Waals surface area contributed by atoms with Crippen LogP contribution < -0.4 is 4.74 Å². The first kappa shape index (κ1) is 13.0. The minimum absolute atomic E-state index is 0.135. The Balaban J connectivity index is 2.86. The SMILES string of the molecule is COc1ccccc1C(=O)N(C)CC(C)C#N. The van der Waals surface area contributed by atoms with E-state index in [-0.39, 0.29) is 11.8 Å². The molecule has 1 amide bonds. The van der Waals surface area contributed by atoms with Crippen molar-refractivity contribution in [2.75, 3.05) is 20.7 Å². The second-order valence-electron chi connectivity index (χ2n) is 3.92. The number of para-hydroxylation sites is 1. The Kier molecular flexibility index (Phi) is 4.53. The molecule has 1 unspecified atom stereocenters. The van der Waals surface area contributed by atoms with Crippen molar-refractivity contribution < 1.29 is 9.53 Å². The van der Waals surface area contributed by atoms with E-state index >= 15 is 0 Å². The molecule has 0 aliphatic carbocycles. The number of rotatable bonds is 4. The van der Waals surface area contributed by atoms with Gasteiger partial charge in [0.25, 0.3) is 5.91 Å². The van der Waals surface area contributed by atoms with E-state index in [1.165, 1.54) is 12.0 Å². The van der Waals surface area contributed by atoms with Gasteiger partial charge in [-0.15, -0.1) is 0 Å². The van der Waals surface area contributed by atoms with E-state index in [2.05, 4.69) is 6.07 Å². The molecule has 1 aromatic carbocycles. The van der Waals surface area contributed by atoms with Crippen LogP contribution in [-0.2, 0) is 0 Å². The van der Waals surface area contributed by atoms with E-state index in [9.17, 15) is 4.79 Å². The first-order chi connectivity index (χ1) is 8.10. The minimum Gasteiger partial charge on any atom is -0.496 e. The van der Waals surface area contributed by atoms with Gasteiger partial charge in [0.2, 0.25) is 0 Å². The summed E-state index contributed by atoms with van der Waals surface area (Å²) in [5.41, 5.74) is 0.516. The third-order valence-electron chi connectivity index (χ3n) is 2.45. The summed E-state index contributed by atoms with van der Waals surface area (Å²) in [6.45, 7) is 2.19. The lowest BCUT2D eigenvalue weighted by atomic mass is 10.1. The quantitative estimate of drug-likeness (QED) is 0.797. The highest BCUT2D eigenvalue weighted by Crippen LogP contribution is 2.19. The molecule has 0 N–H and O–H groups in total. The number of methoxy groups -OCH3 is 1. The monoisotopic (exact) mass is 232 g/mol. The number of carbonyl (C=O) groups is 1. The molecule has 0 bridgehead atoms. The van der Waals surface area contributed by atoms with Gasteiger partial charge in [0.1, 0.15) is 5.75 Å². The van der Waals surface area contributed by atoms with Crippen molar-refractivity contribution >= 4 is 5.91 Å². The van der Waals surface area contributed by atoms with Crippen LogP contribution in [-0.4, -0.2) is 31.5 Å². The molecule has 1 atom stereocenters. The van der Waals surface area contributed by atoms with Crippen LogP contribution in [0.3, 0.4) is 0 Å². The van der Waals surface area contributed by atoms with E-state index in [0.29, 0.717) is 17.9 Å². The first-order valence-electron chi connectivity index (χ1n) is 5.38. The lowest BCUT2D eigenvalue weighted by Crippen LogP contribution is -2.30. The average molecular weight is 232 g/mol. The van der Waals surface area contributed by atoms with Crippen molar-refractivity contribution in [3.63, 3.8) is 0 Å². The van der Waals surface area contributed by atoms with E-state index in [1.807, 2.05) is 6.07 Å². The lowest BCUT2D eigenvalue weighted by Gasteiger charge is -2.19. The van der Waals surface area contributed by atoms with Gasteiger partial charge in [-0.3, -0.25) is 4.79 Å². The fourth-order valence-electron chi connectivity index (χ4n) is 1.56. The molecule has 1 rings (SSSR count). The van der Waals surface area contributed by atoms with Crippen LogP contribution in [0.2, 0.25) is 0 Å². The van der Waals surface area contributed by atoms with E-state index in [0.717, 1.165) is 0 Å². The molecule has 1 aromatic rings. The van der Waals surface area contributed by atoms with Gasteiger partial charge in [-0.05, 0) is 19.1 Å². The zero-order valence-corrected chi connectivity index (χ0v) is 10.3. The number of carbonyl (C=O) groups excluding carboxylic acids is 1. The van der Waals surface area contributed by atoms with Crippen LogP contribution in [0, 0.1) is 17.2 Å². The maximum atomic E-state index is 12.1. The second-order valence-corrected chi connectivity index (χ2v) is 3.92. The largest absolute Gasteiger partial charge is 0.496 e. The van der Waals surface area contributed by atoms with Gasteiger partial charge in [-0.25, -0.2) is 0 Å². The maximum Gasteiger partial charge on any atom is 0.257 e. The maximum absolute atomic E-state index is 12.1. The second kappa shape index (κ2) is 5.90. The van der Waals surface area contributed by atoms with Crippen LogP contribution in [0.15, 0.2) is 24.3 Å². The lowest BCUT2D eigenvalue weighted by molar-refractivity contribution is 0.0781. The molecule has 0 saturated heterocycles. The summed E-state index contributed by atoms with van der Waals surface area (Å²) in [6, 6.07) is 9.17. The molecule has 0 spiro atoms. The van der Waals surface area contributed by atoms with Crippen LogP contribution in [0.25, 0.3) is 0 Å².